The lowest BCUT2D eigenvalue weighted by atomic mass is 10.0. The minimum Gasteiger partial charge on any atom is -0.319 e. The zero-order valence-electron chi connectivity index (χ0n) is 19.5. The van der Waals surface area contributed by atoms with Crippen molar-refractivity contribution in [1.29, 1.82) is 0 Å². The number of nitrogens with zero attached hydrogens (tertiary/aromatic N) is 4. The second-order valence-corrected chi connectivity index (χ2v) is 9.02. The summed E-state index contributed by atoms with van der Waals surface area (Å²) in [7, 11) is 0. The molecule has 3 aromatic heterocycles. The van der Waals surface area contributed by atoms with Crippen LogP contribution < -0.4 is 5.32 Å². The maximum atomic E-state index is 13.0. The number of likely N-dealkylation sites (tertiary alicyclic amines) is 1. The molecule has 7 nitrogen and oxygen atoms in total. The first-order valence-electron chi connectivity index (χ1n) is 11.9. The van der Waals surface area contributed by atoms with Crippen LogP contribution in [0.25, 0.3) is 22.0 Å². The highest BCUT2D eigenvalue weighted by molar-refractivity contribution is 6.11. The van der Waals surface area contributed by atoms with E-state index in [0.717, 1.165) is 48.6 Å². The lowest BCUT2D eigenvalue weighted by molar-refractivity contribution is -0.137. The third-order valence-corrected chi connectivity index (χ3v) is 6.33. The van der Waals surface area contributed by atoms with Gasteiger partial charge in [-0.1, -0.05) is 18.9 Å². The quantitative estimate of drug-likeness (QED) is 0.374. The van der Waals surface area contributed by atoms with Crippen LogP contribution in [0.1, 0.15) is 47.3 Å². The number of carbonyl (C=O) groups is 1. The van der Waals surface area contributed by atoms with E-state index in [1.807, 2.05) is 24.4 Å². The SMILES string of the molecule is O=C(Nc1cncc(C(F)(F)F)c1)c1n[nH]c2ccc(-c3cncc(CN4CCCCCC4)c3)cc12. The number of amides is 1. The number of carbonyl (C=O) groups excluding carboxylic acids is 1. The third kappa shape index (κ3) is 5.38. The Morgan fingerprint density at radius 2 is 1.72 bits per heavy atom. The van der Waals surface area contributed by atoms with Crippen LogP contribution in [0.2, 0.25) is 0 Å². The zero-order chi connectivity index (χ0) is 25.1. The molecular weight excluding hydrogens is 469 g/mol. The summed E-state index contributed by atoms with van der Waals surface area (Å²) >= 11 is 0. The predicted molar refractivity (Wildman–Crippen MR) is 130 cm³/mol. The molecule has 0 atom stereocenters. The molecule has 1 saturated heterocycles. The van der Waals surface area contributed by atoms with Crippen LogP contribution in [-0.4, -0.2) is 44.1 Å². The van der Waals surface area contributed by atoms with Gasteiger partial charge in [0.2, 0.25) is 0 Å². The Bertz CT molecular complexity index is 1380. The molecule has 0 saturated carbocycles. The molecule has 0 unspecified atom stereocenters. The van der Waals surface area contributed by atoms with Gasteiger partial charge in [-0.15, -0.1) is 0 Å². The first-order chi connectivity index (χ1) is 17.4. The molecule has 0 bridgehead atoms. The lowest BCUT2D eigenvalue weighted by Gasteiger charge is -2.19. The van der Waals surface area contributed by atoms with Gasteiger partial charge in [0.15, 0.2) is 5.69 Å². The van der Waals surface area contributed by atoms with Crippen molar-refractivity contribution in [3.63, 3.8) is 0 Å². The van der Waals surface area contributed by atoms with E-state index >= 15 is 0 Å². The summed E-state index contributed by atoms with van der Waals surface area (Å²) in [6, 6.07) is 8.53. The number of aromatic nitrogens is 4. The number of H-pyrrole nitrogens is 1. The predicted octanol–water partition coefficient (Wildman–Crippen LogP) is 5.67. The zero-order valence-corrected chi connectivity index (χ0v) is 19.5. The normalized spacial score (nSPS) is 15.1. The van der Waals surface area contributed by atoms with Crippen LogP contribution >= 0.6 is 0 Å². The van der Waals surface area contributed by atoms with Gasteiger partial charge in [0.1, 0.15) is 0 Å². The second-order valence-electron chi connectivity index (χ2n) is 9.02. The molecule has 4 heterocycles. The first kappa shape index (κ1) is 23.9. The van der Waals surface area contributed by atoms with E-state index in [1.54, 1.807) is 6.20 Å². The average molecular weight is 495 g/mol. The summed E-state index contributed by atoms with van der Waals surface area (Å²) in [5.41, 5.74) is 2.62. The molecule has 186 valence electrons. The summed E-state index contributed by atoms with van der Waals surface area (Å²) in [6.45, 7) is 3.02. The molecule has 0 spiro atoms. The van der Waals surface area contributed by atoms with Gasteiger partial charge >= 0.3 is 6.18 Å². The highest BCUT2D eigenvalue weighted by Crippen LogP contribution is 2.30. The van der Waals surface area contributed by atoms with Gasteiger partial charge in [0.05, 0.1) is 23.0 Å². The molecule has 0 aliphatic carbocycles. The minimum absolute atomic E-state index is 0.0625. The van der Waals surface area contributed by atoms with E-state index in [0.29, 0.717) is 17.1 Å². The number of hydrogen-bond donors (Lipinski definition) is 2. The number of halogens is 3. The maximum absolute atomic E-state index is 13.0. The Kier molecular flexibility index (Phi) is 6.69. The van der Waals surface area contributed by atoms with Gasteiger partial charge in [-0.05, 0) is 61.3 Å². The fourth-order valence-corrected chi connectivity index (χ4v) is 4.50. The van der Waals surface area contributed by atoms with Gasteiger partial charge in [0, 0.05) is 36.1 Å². The number of anilines is 1. The molecule has 36 heavy (non-hydrogen) atoms. The maximum Gasteiger partial charge on any atom is 0.417 e. The van der Waals surface area contributed by atoms with E-state index in [-0.39, 0.29) is 11.4 Å². The van der Waals surface area contributed by atoms with Crippen LogP contribution in [-0.2, 0) is 12.7 Å². The van der Waals surface area contributed by atoms with Gasteiger partial charge < -0.3 is 5.32 Å². The Morgan fingerprint density at radius 1 is 0.944 bits per heavy atom. The summed E-state index contributed by atoms with van der Waals surface area (Å²) in [4.78, 5) is 23.4. The number of fused-ring (bicyclic) bond motifs is 1. The van der Waals surface area contributed by atoms with Crippen molar-refractivity contribution in [2.24, 2.45) is 0 Å². The van der Waals surface area contributed by atoms with Crippen LogP contribution in [0, 0.1) is 0 Å². The molecule has 1 aliphatic rings. The Labute approximate surface area is 205 Å². The number of hydrogen-bond acceptors (Lipinski definition) is 5. The van der Waals surface area contributed by atoms with Crippen LogP contribution in [0.15, 0.2) is 55.1 Å². The number of pyridine rings is 2. The van der Waals surface area contributed by atoms with Crippen LogP contribution in [0.5, 0.6) is 0 Å². The number of aromatic amines is 1. The number of rotatable bonds is 5. The molecule has 1 amide bonds. The van der Waals surface area contributed by atoms with E-state index in [4.69, 9.17) is 0 Å². The minimum atomic E-state index is -4.56. The average Bonchev–Trinajstić information content (AvgIpc) is 3.12. The fraction of sp³-hybridized carbons (Fsp3) is 0.308. The van der Waals surface area contributed by atoms with Crippen LogP contribution in [0.4, 0.5) is 18.9 Å². The van der Waals surface area contributed by atoms with E-state index in [9.17, 15) is 18.0 Å². The topological polar surface area (TPSA) is 86.8 Å². The third-order valence-electron chi connectivity index (χ3n) is 6.33. The van der Waals surface area contributed by atoms with Crippen LogP contribution in [0.3, 0.4) is 0 Å². The van der Waals surface area contributed by atoms with Gasteiger partial charge in [0.25, 0.3) is 5.91 Å². The Balaban J connectivity index is 1.38. The van der Waals surface area contributed by atoms with E-state index < -0.39 is 17.6 Å². The van der Waals surface area contributed by atoms with Crippen molar-refractivity contribution in [2.75, 3.05) is 18.4 Å². The van der Waals surface area contributed by atoms with Gasteiger partial charge in [-0.2, -0.15) is 18.3 Å². The van der Waals surface area contributed by atoms with Gasteiger partial charge in [-0.3, -0.25) is 24.8 Å². The van der Waals surface area contributed by atoms with E-state index in [1.165, 1.54) is 25.7 Å². The number of nitrogens with one attached hydrogen (secondary N) is 2. The molecular formula is C26H25F3N6O. The summed E-state index contributed by atoms with van der Waals surface area (Å²) in [6.07, 6.45) is 5.96. The Hall–Kier alpha value is -3.79. The van der Waals surface area contributed by atoms with Crippen molar-refractivity contribution < 1.29 is 18.0 Å². The standard InChI is InChI=1S/C26H25F3N6O/c27-26(28,29)20-11-21(15-31-14-20)32-25(36)24-22-10-18(5-6-23(22)33-34-24)19-9-17(12-30-13-19)16-35-7-3-1-2-4-8-35/h5-6,9-15H,1-4,7-8,16H2,(H,32,36)(H,33,34). The summed E-state index contributed by atoms with van der Waals surface area (Å²) in [5.74, 6) is -0.632. The molecule has 2 N–H and O–H groups in total. The Morgan fingerprint density at radius 3 is 2.50 bits per heavy atom. The molecule has 1 aromatic carbocycles. The van der Waals surface area contributed by atoms with Crippen molar-refractivity contribution in [1.82, 2.24) is 25.1 Å². The van der Waals surface area contributed by atoms with Crippen molar-refractivity contribution in [3.05, 3.63) is 71.9 Å². The number of alkyl halides is 3. The number of benzene rings is 1. The molecule has 5 rings (SSSR count). The molecule has 4 aromatic rings. The van der Waals surface area contributed by atoms with E-state index in [2.05, 4.69) is 36.4 Å². The van der Waals surface area contributed by atoms with Gasteiger partial charge in [-0.25, -0.2) is 0 Å². The molecule has 0 radical (unpaired) electrons. The fourth-order valence-electron chi connectivity index (χ4n) is 4.50. The highest BCUT2D eigenvalue weighted by atomic mass is 19.4. The second kappa shape index (κ2) is 10.1. The van der Waals surface area contributed by atoms with Crippen molar-refractivity contribution >= 4 is 22.5 Å². The molecule has 1 aliphatic heterocycles. The van der Waals surface area contributed by atoms with Crippen molar-refractivity contribution in [3.8, 4) is 11.1 Å². The largest absolute Gasteiger partial charge is 0.417 e. The lowest BCUT2D eigenvalue weighted by Crippen LogP contribution is -2.24. The smallest absolute Gasteiger partial charge is 0.319 e. The highest BCUT2D eigenvalue weighted by Gasteiger charge is 2.31. The molecule has 10 heteroatoms. The monoisotopic (exact) mass is 494 g/mol. The first-order valence-corrected chi connectivity index (χ1v) is 11.9. The summed E-state index contributed by atoms with van der Waals surface area (Å²) in [5, 5.41) is 9.94. The van der Waals surface area contributed by atoms with Crippen molar-refractivity contribution in [2.45, 2.75) is 38.4 Å². The summed E-state index contributed by atoms with van der Waals surface area (Å²) < 4.78 is 39.0. The molecule has 1 fully saturated rings.